The van der Waals surface area contributed by atoms with Crippen molar-refractivity contribution in [3.63, 3.8) is 0 Å². The number of rotatable bonds is 8. The Morgan fingerprint density at radius 2 is 1.84 bits per heavy atom. The van der Waals surface area contributed by atoms with Crippen LogP contribution in [-0.4, -0.2) is 57.3 Å². The van der Waals surface area contributed by atoms with Gasteiger partial charge in [0.25, 0.3) is 5.91 Å². The first-order valence-corrected chi connectivity index (χ1v) is 10.6. The molecule has 0 saturated heterocycles. The Morgan fingerprint density at radius 1 is 1.06 bits per heavy atom. The molecule has 3 aromatic heterocycles. The zero-order chi connectivity index (χ0) is 22.5. The molecule has 1 unspecified atom stereocenters. The number of imidazole rings is 1. The van der Waals surface area contributed by atoms with Crippen LogP contribution in [0.25, 0.3) is 17.2 Å². The molecule has 0 aliphatic rings. The van der Waals surface area contributed by atoms with Gasteiger partial charge in [-0.1, -0.05) is 36.4 Å². The third-order valence-electron chi connectivity index (χ3n) is 5.18. The van der Waals surface area contributed by atoms with Gasteiger partial charge in [0, 0.05) is 31.5 Å². The van der Waals surface area contributed by atoms with E-state index in [9.17, 15) is 4.79 Å². The van der Waals surface area contributed by atoms with Crippen molar-refractivity contribution in [2.75, 3.05) is 32.5 Å². The average molecular weight is 430 g/mol. The lowest BCUT2D eigenvalue weighted by Gasteiger charge is -2.18. The number of hydrogen-bond donors (Lipinski definition) is 2. The normalized spacial score (nSPS) is 12.1. The molecule has 0 radical (unpaired) electrons. The summed E-state index contributed by atoms with van der Waals surface area (Å²) < 4.78 is 1.93. The third kappa shape index (κ3) is 4.76. The van der Waals surface area contributed by atoms with Crippen molar-refractivity contribution in [3.05, 3.63) is 78.2 Å². The molecule has 0 aliphatic heterocycles. The van der Waals surface area contributed by atoms with Crippen LogP contribution >= 0.6 is 0 Å². The molecule has 32 heavy (non-hydrogen) atoms. The van der Waals surface area contributed by atoms with E-state index in [2.05, 4.69) is 20.6 Å². The van der Waals surface area contributed by atoms with Gasteiger partial charge >= 0.3 is 0 Å². The molecule has 0 bridgehead atoms. The van der Waals surface area contributed by atoms with Crippen LogP contribution < -0.4 is 10.6 Å². The molecule has 4 aromatic rings. The van der Waals surface area contributed by atoms with Crippen LogP contribution in [-0.2, 0) is 0 Å². The summed E-state index contributed by atoms with van der Waals surface area (Å²) in [5.74, 6) is 0.773. The average Bonchev–Trinajstić information content (AvgIpc) is 3.23. The van der Waals surface area contributed by atoms with Gasteiger partial charge in [0.05, 0.1) is 6.20 Å². The van der Waals surface area contributed by atoms with Crippen molar-refractivity contribution in [2.24, 2.45) is 0 Å². The molecule has 0 spiro atoms. The zero-order valence-corrected chi connectivity index (χ0v) is 18.5. The highest BCUT2D eigenvalue weighted by molar-refractivity contribution is 5.98. The Bertz CT molecular complexity index is 1200. The smallest absolute Gasteiger partial charge is 0.256 e. The molecular formula is C24H27N7O. The molecule has 4 rings (SSSR count). The molecule has 1 amide bonds. The first-order chi connectivity index (χ1) is 15.5. The van der Waals surface area contributed by atoms with Crippen molar-refractivity contribution in [1.82, 2.24) is 29.6 Å². The summed E-state index contributed by atoms with van der Waals surface area (Å²) in [7, 11) is 3.93. The number of fused-ring (bicyclic) bond motifs is 1. The van der Waals surface area contributed by atoms with Gasteiger partial charge in [-0.3, -0.25) is 9.20 Å². The molecule has 0 saturated carbocycles. The summed E-state index contributed by atoms with van der Waals surface area (Å²) in [6.07, 6.45) is 5.24. The number of hydrogen-bond acceptors (Lipinski definition) is 6. The highest BCUT2D eigenvalue weighted by atomic mass is 16.1. The number of nitrogens with zero attached hydrogens (tertiary/aromatic N) is 5. The molecule has 2 N–H and O–H groups in total. The first kappa shape index (κ1) is 21.5. The van der Waals surface area contributed by atoms with Crippen LogP contribution in [0.3, 0.4) is 0 Å². The van der Waals surface area contributed by atoms with Crippen molar-refractivity contribution in [1.29, 1.82) is 0 Å². The Balaban J connectivity index is 1.68. The fraction of sp³-hybridized carbons (Fsp3) is 0.250. The number of anilines is 1. The first-order valence-electron chi connectivity index (χ1n) is 10.6. The van der Waals surface area contributed by atoms with E-state index in [1.165, 1.54) is 0 Å². The van der Waals surface area contributed by atoms with Crippen LogP contribution in [0, 0.1) is 0 Å². The van der Waals surface area contributed by atoms with E-state index in [0.29, 0.717) is 23.8 Å². The molecule has 1 aromatic carbocycles. The highest BCUT2D eigenvalue weighted by Gasteiger charge is 2.19. The predicted octanol–water partition coefficient (Wildman–Crippen LogP) is 3.26. The maximum Gasteiger partial charge on any atom is 0.256 e. The van der Waals surface area contributed by atoms with Crippen molar-refractivity contribution in [3.8, 4) is 11.5 Å². The van der Waals surface area contributed by atoms with Gasteiger partial charge in [-0.2, -0.15) is 0 Å². The Hall–Kier alpha value is -3.78. The quantitative estimate of drug-likeness (QED) is 0.447. The number of benzene rings is 1. The minimum Gasteiger partial charge on any atom is -0.363 e. The van der Waals surface area contributed by atoms with Gasteiger partial charge in [-0.25, -0.2) is 15.0 Å². The molecule has 0 fully saturated rings. The fourth-order valence-electron chi connectivity index (χ4n) is 3.40. The van der Waals surface area contributed by atoms with E-state index in [1.807, 2.05) is 85.0 Å². The Morgan fingerprint density at radius 3 is 2.62 bits per heavy atom. The second kappa shape index (κ2) is 9.57. The van der Waals surface area contributed by atoms with Crippen LogP contribution in [0.15, 0.2) is 67.1 Å². The largest absolute Gasteiger partial charge is 0.363 e. The molecule has 3 heterocycles. The topological polar surface area (TPSA) is 87.5 Å². The lowest BCUT2D eigenvalue weighted by Crippen LogP contribution is -2.32. The van der Waals surface area contributed by atoms with Crippen LogP contribution in [0.5, 0.6) is 0 Å². The maximum atomic E-state index is 12.9. The Kier molecular flexibility index (Phi) is 6.42. The second-order valence-corrected chi connectivity index (χ2v) is 7.86. The molecule has 164 valence electrons. The van der Waals surface area contributed by atoms with E-state index in [-0.39, 0.29) is 11.9 Å². The summed E-state index contributed by atoms with van der Waals surface area (Å²) in [4.78, 5) is 28.6. The van der Waals surface area contributed by atoms with E-state index in [4.69, 9.17) is 4.98 Å². The summed E-state index contributed by atoms with van der Waals surface area (Å²) in [6, 6.07) is 15.8. The van der Waals surface area contributed by atoms with E-state index in [0.717, 1.165) is 23.4 Å². The molecule has 1 atom stereocenters. The number of pyridine rings is 1. The van der Waals surface area contributed by atoms with Gasteiger partial charge < -0.3 is 15.5 Å². The van der Waals surface area contributed by atoms with Gasteiger partial charge in [0.1, 0.15) is 22.7 Å². The predicted molar refractivity (Wildman–Crippen MR) is 126 cm³/mol. The maximum absolute atomic E-state index is 12.9. The van der Waals surface area contributed by atoms with Crippen molar-refractivity contribution >= 4 is 17.4 Å². The number of amides is 1. The lowest BCUT2D eigenvalue weighted by molar-refractivity contribution is 0.0951. The standard InChI is InChI=1S/C24H27N7O/c1-17(18-9-5-4-6-10-18)28-22-19(24(32)25-12-14-30(2)3)15-27-23(29-22)20-16-26-21-11-7-8-13-31(20)21/h4-11,13,15-17H,12,14H2,1-3H3,(H,25,32)(H,27,28,29). The SMILES string of the molecule is CC(Nc1nc(-c2cnc3ccccn23)ncc1C(=O)NCCN(C)C)c1ccccc1. The van der Waals surface area contributed by atoms with Gasteiger partial charge in [0.2, 0.25) is 0 Å². The minimum atomic E-state index is -0.209. The number of nitrogens with one attached hydrogen (secondary N) is 2. The van der Waals surface area contributed by atoms with Crippen LogP contribution in [0.4, 0.5) is 5.82 Å². The number of carbonyl (C=O) groups excluding carboxylic acids is 1. The summed E-state index contributed by atoms with van der Waals surface area (Å²) in [5.41, 5.74) is 3.07. The minimum absolute atomic E-state index is 0.0468. The van der Waals surface area contributed by atoms with Gasteiger partial charge in [-0.05, 0) is 38.7 Å². The van der Waals surface area contributed by atoms with Crippen LogP contribution in [0.2, 0.25) is 0 Å². The fourth-order valence-corrected chi connectivity index (χ4v) is 3.40. The zero-order valence-electron chi connectivity index (χ0n) is 18.5. The summed E-state index contributed by atoms with van der Waals surface area (Å²) >= 11 is 0. The molecule has 8 heteroatoms. The number of aromatic nitrogens is 4. The summed E-state index contributed by atoms with van der Waals surface area (Å²) in [6.45, 7) is 3.32. The van der Waals surface area contributed by atoms with Crippen molar-refractivity contribution in [2.45, 2.75) is 13.0 Å². The molecule has 8 nitrogen and oxygen atoms in total. The Labute approximate surface area is 187 Å². The highest BCUT2D eigenvalue weighted by Crippen LogP contribution is 2.24. The number of carbonyl (C=O) groups is 1. The summed E-state index contributed by atoms with van der Waals surface area (Å²) in [5, 5.41) is 6.35. The second-order valence-electron chi connectivity index (χ2n) is 7.86. The van der Waals surface area contributed by atoms with Crippen LogP contribution in [0.1, 0.15) is 28.9 Å². The van der Waals surface area contributed by atoms with Crippen molar-refractivity contribution < 1.29 is 4.79 Å². The molecule has 0 aliphatic carbocycles. The molecular weight excluding hydrogens is 402 g/mol. The third-order valence-corrected chi connectivity index (χ3v) is 5.18. The number of likely N-dealkylation sites (N-methyl/N-ethyl adjacent to an activating group) is 1. The van der Waals surface area contributed by atoms with E-state index < -0.39 is 0 Å². The van der Waals surface area contributed by atoms with E-state index in [1.54, 1.807) is 12.4 Å². The van der Waals surface area contributed by atoms with Gasteiger partial charge in [0.15, 0.2) is 5.82 Å². The lowest BCUT2D eigenvalue weighted by atomic mass is 10.1. The van der Waals surface area contributed by atoms with Gasteiger partial charge in [-0.15, -0.1) is 0 Å². The van der Waals surface area contributed by atoms with E-state index >= 15 is 0 Å². The monoisotopic (exact) mass is 429 g/mol.